The van der Waals surface area contributed by atoms with Crippen LogP contribution in [0.2, 0.25) is 0 Å². The summed E-state index contributed by atoms with van der Waals surface area (Å²) in [5.74, 6) is -0.894. The second kappa shape index (κ2) is 7.26. The third kappa shape index (κ3) is 3.95. The molecule has 0 spiro atoms. The monoisotopic (exact) mass is 284 g/mol. The van der Waals surface area contributed by atoms with Crippen molar-refractivity contribution in [1.29, 1.82) is 0 Å². The number of ether oxygens (including phenoxy) is 1. The number of rotatable bonds is 6. The molecule has 0 aromatic rings. The molecule has 0 unspecified atom stereocenters. The summed E-state index contributed by atoms with van der Waals surface area (Å²) >= 11 is 0. The Balaban J connectivity index is 2.64. The highest BCUT2D eigenvalue weighted by Crippen LogP contribution is 2.22. The van der Waals surface area contributed by atoms with Gasteiger partial charge in [-0.3, -0.25) is 14.4 Å². The number of likely N-dealkylation sites (N-methyl/N-ethyl adjacent to an activating group) is 1. The smallest absolute Gasteiger partial charge is 0.325 e. The minimum Gasteiger partial charge on any atom is -0.465 e. The van der Waals surface area contributed by atoms with Crippen molar-refractivity contribution in [3.05, 3.63) is 0 Å². The SMILES string of the molecule is CCOC(=O)CN(CC)C(=O)[C@@H]1CC(=O)N(C(C)C)C1. The van der Waals surface area contributed by atoms with Gasteiger partial charge in [-0.2, -0.15) is 0 Å². The molecule has 1 heterocycles. The lowest BCUT2D eigenvalue weighted by molar-refractivity contribution is -0.150. The molecule has 6 heteroatoms. The average molecular weight is 284 g/mol. The number of esters is 1. The maximum atomic E-state index is 12.4. The van der Waals surface area contributed by atoms with Gasteiger partial charge in [0.15, 0.2) is 0 Å². The van der Waals surface area contributed by atoms with E-state index in [1.54, 1.807) is 11.8 Å². The molecule has 0 aliphatic carbocycles. The Labute approximate surface area is 120 Å². The molecule has 20 heavy (non-hydrogen) atoms. The number of hydrogen-bond acceptors (Lipinski definition) is 4. The summed E-state index contributed by atoms with van der Waals surface area (Å²) in [7, 11) is 0. The Kier molecular flexibility index (Phi) is 5.98. The van der Waals surface area contributed by atoms with Crippen LogP contribution in [-0.2, 0) is 19.1 Å². The Bertz CT molecular complexity index is 381. The normalized spacial score (nSPS) is 18.6. The molecule has 6 nitrogen and oxygen atoms in total. The van der Waals surface area contributed by atoms with Crippen LogP contribution >= 0.6 is 0 Å². The zero-order chi connectivity index (χ0) is 15.3. The van der Waals surface area contributed by atoms with Crippen molar-refractivity contribution in [3.8, 4) is 0 Å². The van der Waals surface area contributed by atoms with Crippen LogP contribution in [0.25, 0.3) is 0 Å². The summed E-state index contributed by atoms with van der Waals surface area (Å²) in [5, 5.41) is 0. The lowest BCUT2D eigenvalue weighted by atomic mass is 10.1. The Morgan fingerprint density at radius 3 is 2.50 bits per heavy atom. The first-order valence-electron chi connectivity index (χ1n) is 7.14. The zero-order valence-electron chi connectivity index (χ0n) is 12.7. The van der Waals surface area contributed by atoms with Gasteiger partial charge in [0.2, 0.25) is 11.8 Å². The van der Waals surface area contributed by atoms with Gasteiger partial charge in [-0.1, -0.05) is 0 Å². The molecule has 0 N–H and O–H groups in total. The summed E-state index contributed by atoms with van der Waals surface area (Å²) in [6, 6.07) is 0.0976. The van der Waals surface area contributed by atoms with Crippen LogP contribution in [0.4, 0.5) is 0 Å². The molecule has 0 radical (unpaired) electrons. The number of amides is 2. The van der Waals surface area contributed by atoms with E-state index < -0.39 is 5.97 Å². The van der Waals surface area contributed by atoms with Crippen LogP contribution < -0.4 is 0 Å². The lowest BCUT2D eigenvalue weighted by Crippen LogP contribution is -2.41. The van der Waals surface area contributed by atoms with Gasteiger partial charge in [-0.25, -0.2) is 0 Å². The molecule has 0 aromatic heterocycles. The Hall–Kier alpha value is -1.59. The van der Waals surface area contributed by atoms with Crippen LogP contribution in [0.15, 0.2) is 0 Å². The van der Waals surface area contributed by atoms with Gasteiger partial charge in [0, 0.05) is 25.6 Å². The van der Waals surface area contributed by atoms with Gasteiger partial charge in [0.25, 0.3) is 0 Å². The molecule has 2 amide bonds. The quantitative estimate of drug-likeness (QED) is 0.672. The van der Waals surface area contributed by atoms with Crippen molar-refractivity contribution < 1.29 is 19.1 Å². The maximum absolute atomic E-state index is 12.4. The van der Waals surface area contributed by atoms with Gasteiger partial charge in [0.05, 0.1) is 12.5 Å². The highest BCUT2D eigenvalue weighted by Gasteiger charge is 2.37. The van der Waals surface area contributed by atoms with E-state index in [4.69, 9.17) is 4.74 Å². The van der Waals surface area contributed by atoms with Crippen molar-refractivity contribution in [2.24, 2.45) is 5.92 Å². The third-order valence-corrected chi connectivity index (χ3v) is 3.45. The summed E-state index contributed by atoms with van der Waals surface area (Å²) in [6.45, 7) is 8.53. The topological polar surface area (TPSA) is 66.9 Å². The van der Waals surface area contributed by atoms with E-state index in [1.165, 1.54) is 4.90 Å². The van der Waals surface area contributed by atoms with E-state index in [-0.39, 0.29) is 36.7 Å². The molecular formula is C14H24N2O4. The molecule has 1 rings (SSSR count). The van der Waals surface area contributed by atoms with Crippen LogP contribution in [-0.4, -0.2) is 59.9 Å². The molecule has 1 aliphatic heterocycles. The highest BCUT2D eigenvalue weighted by atomic mass is 16.5. The number of hydrogen-bond donors (Lipinski definition) is 0. The van der Waals surface area contributed by atoms with E-state index in [0.29, 0.717) is 19.7 Å². The fraction of sp³-hybridized carbons (Fsp3) is 0.786. The van der Waals surface area contributed by atoms with Crippen molar-refractivity contribution in [3.63, 3.8) is 0 Å². The molecule has 0 saturated carbocycles. The first-order chi connectivity index (χ1) is 9.40. The van der Waals surface area contributed by atoms with Crippen LogP contribution in [0, 0.1) is 5.92 Å². The largest absolute Gasteiger partial charge is 0.465 e. The van der Waals surface area contributed by atoms with Gasteiger partial charge >= 0.3 is 5.97 Å². The minimum atomic E-state index is -0.410. The first kappa shape index (κ1) is 16.5. The van der Waals surface area contributed by atoms with E-state index in [0.717, 1.165) is 0 Å². The predicted molar refractivity (Wildman–Crippen MR) is 73.8 cm³/mol. The third-order valence-electron chi connectivity index (χ3n) is 3.45. The maximum Gasteiger partial charge on any atom is 0.325 e. The Morgan fingerprint density at radius 1 is 1.40 bits per heavy atom. The number of carbonyl (C=O) groups is 3. The average Bonchev–Trinajstić information content (AvgIpc) is 2.77. The standard InChI is InChI=1S/C14H24N2O4/c1-5-15(9-13(18)20-6-2)14(19)11-7-12(17)16(8-11)10(3)4/h10-11H,5-9H2,1-4H3/t11-/m1/s1. The van der Waals surface area contributed by atoms with Gasteiger partial charge < -0.3 is 14.5 Å². The van der Waals surface area contributed by atoms with E-state index in [1.807, 2.05) is 20.8 Å². The molecular weight excluding hydrogens is 260 g/mol. The summed E-state index contributed by atoms with van der Waals surface area (Å²) in [6.07, 6.45) is 0.232. The van der Waals surface area contributed by atoms with E-state index >= 15 is 0 Å². The summed E-state index contributed by atoms with van der Waals surface area (Å²) in [4.78, 5) is 38.8. The fourth-order valence-electron chi connectivity index (χ4n) is 2.36. The van der Waals surface area contributed by atoms with Crippen LogP contribution in [0.1, 0.15) is 34.1 Å². The van der Waals surface area contributed by atoms with Gasteiger partial charge in [-0.05, 0) is 27.7 Å². The Morgan fingerprint density at radius 2 is 2.05 bits per heavy atom. The lowest BCUT2D eigenvalue weighted by Gasteiger charge is -2.24. The van der Waals surface area contributed by atoms with Crippen LogP contribution in [0.3, 0.4) is 0 Å². The number of likely N-dealkylation sites (tertiary alicyclic amines) is 1. The van der Waals surface area contributed by atoms with Gasteiger partial charge in [-0.15, -0.1) is 0 Å². The highest BCUT2D eigenvalue weighted by molar-refractivity contribution is 5.90. The second-order valence-corrected chi connectivity index (χ2v) is 5.20. The first-order valence-corrected chi connectivity index (χ1v) is 7.14. The van der Waals surface area contributed by atoms with Crippen molar-refractivity contribution >= 4 is 17.8 Å². The molecule has 0 aromatic carbocycles. The number of nitrogens with zero attached hydrogens (tertiary/aromatic N) is 2. The zero-order valence-corrected chi connectivity index (χ0v) is 12.7. The minimum absolute atomic E-state index is 0.00513. The predicted octanol–water partition coefficient (Wildman–Crippen LogP) is 0.655. The van der Waals surface area contributed by atoms with Crippen molar-refractivity contribution in [2.45, 2.75) is 40.2 Å². The van der Waals surface area contributed by atoms with Crippen LogP contribution in [0.5, 0.6) is 0 Å². The van der Waals surface area contributed by atoms with Crippen molar-refractivity contribution in [1.82, 2.24) is 9.80 Å². The van der Waals surface area contributed by atoms with E-state index in [9.17, 15) is 14.4 Å². The molecule has 1 aliphatic rings. The van der Waals surface area contributed by atoms with Gasteiger partial charge in [0.1, 0.15) is 6.54 Å². The molecule has 1 saturated heterocycles. The molecule has 114 valence electrons. The molecule has 0 bridgehead atoms. The van der Waals surface area contributed by atoms with E-state index in [2.05, 4.69) is 0 Å². The van der Waals surface area contributed by atoms with Crippen molar-refractivity contribution in [2.75, 3.05) is 26.2 Å². The summed E-state index contributed by atoms with van der Waals surface area (Å²) in [5.41, 5.74) is 0. The molecule has 1 atom stereocenters. The number of carbonyl (C=O) groups excluding carboxylic acids is 3. The molecule has 1 fully saturated rings. The summed E-state index contributed by atoms with van der Waals surface area (Å²) < 4.78 is 4.86. The fourth-order valence-corrected chi connectivity index (χ4v) is 2.36. The second-order valence-electron chi connectivity index (χ2n) is 5.20.